The fourth-order valence-electron chi connectivity index (χ4n) is 1.45. The van der Waals surface area contributed by atoms with E-state index in [9.17, 15) is 5.11 Å². The van der Waals surface area contributed by atoms with Crippen molar-refractivity contribution in [2.75, 3.05) is 5.73 Å². The van der Waals surface area contributed by atoms with Gasteiger partial charge < -0.3 is 10.8 Å². The van der Waals surface area contributed by atoms with Crippen molar-refractivity contribution >= 4 is 27.2 Å². The number of fused-ring (bicyclic) bond motifs is 1. The van der Waals surface area contributed by atoms with E-state index in [1.807, 2.05) is 6.07 Å². The van der Waals surface area contributed by atoms with Crippen molar-refractivity contribution in [1.82, 2.24) is 4.98 Å². The summed E-state index contributed by atoms with van der Waals surface area (Å²) in [4.78, 5) is 4.16. The molecule has 1 aromatic carbocycles. The molecule has 74 valence electrons. The lowest BCUT2D eigenvalue weighted by molar-refractivity contribution is 0.0795. The van der Waals surface area contributed by atoms with Gasteiger partial charge in [0.2, 0.25) is 0 Å². The van der Waals surface area contributed by atoms with Gasteiger partial charge in [-0.05, 0) is 26.0 Å². The van der Waals surface area contributed by atoms with Crippen molar-refractivity contribution in [2.45, 2.75) is 19.4 Å². The van der Waals surface area contributed by atoms with Gasteiger partial charge in [0.05, 0.1) is 21.3 Å². The number of anilines is 1. The molecule has 3 N–H and O–H groups in total. The zero-order valence-electron chi connectivity index (χ0n) is 8.11. The Labute approximate surface area is 86.2 Å². The van der Waals surface area contributed by atoms with Crippen molar-refractivity contribution in [3.63, 3.8) is 0 Å². The van der Waals surface area contributed by atoms with Crippen molar-refractivity contribution in [1.29, 1.82) is 0 Å². The molecule has 0 spiro atoms. The Morgan fingerprint density at radius 2 is 2.14 bits per heavy atom. The summed E-state index contributed by atoms with van der Waals surface area (Å²) in [7, 11) is 0. The highest BCUT2D eigenvalue weighted by Gasteiger charge is 2.19. The first-order valence-corrected chi connectivity index (χ1v) is 5.22. The normalized spacial score (nSPS) is 12.2. The lowest BCUT2D eigenvalue weighted by Crippen LogP contribution is -2.17. The maximum Gasteiger partial charge on any atom is 0.0860 e. The second-order valence-electron chi connectivity index (χ2n) is 3.82. The van der Waals surface area contributed by atoms with Gasteiger partial charge in [-0.3, -0.25) is 0 Å². The predicted molar refractivity (Wildman–Crippen MR) is 59.3 cm³/mol. The first-order valence-electron chi connectivity index (χ1n) is 4.34. The second kappa shape index (κ2) is 2.93. The molecule has 0 radical (unpaired) electrons. The molecule has 1 aromatic heterocycles. The fraction of sp³-hybridized carbons (Fsp3) is 0.300. The van der Waals surface area contributed by atoms with Gasteiger partial charge in [0.25, 0.3) is 0 Å². The highest BCUT2D eigenvalue weighted by molar-refractivity contribution is 7.16. The van der Waals surface area contributed by atoms with Crippen LogP contribution in [0.1, 0.15) is 19.4 Å². The third-order valence-corrected chi connectivity index (χ3v) is 2.95. The van der Waals surface area contributed by atoms with E-state index in [1.54, 1.807) is 36.8 Å². The number of nitrogen functional groups attached to an aromatic ring is 1. The molecule has 3 nitrogen and oxygen atoms in total. The monoisotopic (exact) mass is 208 g/mol. The van der Waals surface area contributed by atoms with Crippen LogP contribution in [0.25, 0.3) is 10.2 Å². The number of nitrogens with two attached hydrogens (primary N) is 1. The van der Waals surface area contributed by atoms with Gasteiger partial charge in [-0.1, -0.05) is 0 Å². The molecule has 0 saturated carbocycles. The van der Waals surface area contributed by atoms with E-state index in [-0.39, 0.29) is 0 Å². The summed E-state index contributed by atoms with van der Waals surface area (Å²) in [6.45, 7) is 3.46. The van der Waals surface area contributed by atoms with Crippen molar-refractivity contribution in [2.24, 2.45) is 0 Å². The van der Waals surface area contributed by atoms with Crippen LogP contribution in [0, 0.1) is 0 Å². The maximum atomic E-state index is 9.87. The number of benzene rings is 1. The Kier molecular flexibility index (Phi) is 1.97. The molecule has 0 aliphatic carbocycles. The Morgan fingerprint density at radius 3 is 2.79 bits per heavy atom. The van der Waals surface area contributed by atoms with Crippen LogP contribution in [0.5, 0.6) is 0 Å². The molecule has 2 rings (SSSR count). The SMILES string of the molecule is CC(C)(O)c1cc2scnc2cc1N. The van der Waals surface area contributed by atoms with Gasteiger partial charge in [0.15, 0.2) is 0 Å². The molecule has 0 amide bonds. The quantitative estimate of drug-likeness (QED) is 0.706. The van der Waals surface area contributed by atoms with E-state index < -0.39 is 5.60 Å². The molecule has 0 unspecified atom stereocenters. The number of nitrogens with zero attached hydrogens (tertiary/aromatic N) is 1. The minimum absolute atomic E-state index is 0.593. The summed E-state index contributed by atoms with van der Waals surface area (Å²) in [5, 5.41) is 9.87. The van der Waals surface area contributed by atoms with Crippen molar-refractivity contribution < 1.29 is 5.11 Å². The Bertz CT molecular complexity index is 470. The number of rotatable bonds is 1. The molecule has 1 heterocycles. The molecule has 4 heteroatoms. The number of aliphatic hydroxyl groups is 1. The molecule has 14 heavy (non-hydrogen) atoms. The number of hydrogen-bond donors (Lipinski definition) is 2. The molecule has 0 fully saturated rings. The average Bonchev–Trinajstić information content (AvgIpc) is 2.47. The van der Waals surface area contributed by atoms with Crippen LogP contribution in [-0.4, -0.2) is 10.1 Å². The molecule has 0 aliphatic heterocycles. The van der Waals surface area contributed by atoms with Gasteiger partial charge in [0.1, 0.15) is 0 Å². The van der Waals surface area contributed by atoms with Crippen LogP contribution in [0.2, 0.25) is 0 Å². The third-order valence-electron chi connectivity index (χ3n) is 2.16. The maximum absolute atomic E-state index is 9.87. The number of aromatic nitrogens is 1. The minimum Gasteiger partial charge on any atom is -0.398 e. The van der Waals surface area contributed by atoms with Gasteiger partial charge in [-0.25, -0.2) is 4.98 Å². The summed E-state index contributed by atoms with van der Waals surface area (Å²) in [6, 6.07) is 3.71. The lowest BCUT2D eigenvalue weighted by Gasteiger charge is -2.19. The number of hydrogen-bond acceptors (Lipinski definition) is 4. The van der Waals surface area contributed by atoms with Gasteiger partial charge in [-0.2, -0.15) is 0 Å². The van der Waals surface area contributed by atoms with Crippen molar-refractivity contribution in [3.05, 3.63) is 23.2 Å². The van der Waals surface area contributed by atoms with Crippen molar-refractivity contribution in [3.8, 4) is 0 Å². The Balaban J connectivity index is 2.71. The van der Waals surface area contributed by atoms with E-state index >= 15 is 0 Å². The molecule has 0 atom stereocenters. The summed E-state index contributed by atoms with van der Waals surface area (Å²) in [5.41, 5.74) is 8.95. The van der Waals surface area contributed by atoms with Crippen LogP contribution < -0.4 is 5.73 Å². The zero-order valence-corrected chi connectivity index (χ0v) is 8.93. The molecule has 2 aromatic rings. The average molecular weight is 208 g/mol. The summed E-state index contributed by atoms with van der Waals surface area (Å²) < 4.78 is 1.05. The molecular formula is C10H12N2OS. The van der Waals surface area contributed by atoms with E-state index in [0.29, 0.717) is 5.69 Å². The zero-order chi connectivity index (χ0) is 10.3. The second-order valence-corrected chi connectivity index (χ2v) is 4.70. The number of thiazole rings is 1. The van der Waals surface area contributed by atoms with E-state index in [4.69, 9.17) is 5.73 Å². The van der Waals surface area contributed by atoms with E-state index in [2.05, 4.69) is 4.98 Å². The molecule has 0 bridgehead atoms. The van der Waals surface area contributed by atoms with Gasteiger partial charge in [-0.15, -0.1) is 11.3 Å². The highest BCUT2D eigenvalue weighted by atomic mass is 32.1. The van der Waals surface area contributed by atoms with Crippen LogP contribution in [0.3, 0.4) is 0 Å². The predicted octanol–water partition coefficient (Wildman–Crippen LogP) is 2.11. The molecular weight excluding hydrogens is 196 g/mol. The highest BCUT2D eigenvalue weighted by Crippen LogP contribution is 2.31. The first-order chi connectivity index (χ1) is 6.48. The van der Waals surface area contributed by atoms with Crippen LogP contribution in [0.4, 0.5) is 5.69 Å². The van der Waals surface area contributed by atoms with Crippen LogP contribution in [0.15, 0.2) is 17.6 Å². The Morgan fingerprint density at radius 1 is 1.43 bits per heavy atom. The summed E-state index contributed by atoms with van der Waals surface area (Å²) >= 11 is 1.55. The molecule has 0 saturated heterocycles. The fourth-order valence-corrected chi connectivity index (χ4v) is 2.15. The summed E-state index contributed by atoms with van der Waals surface area (Å²) in [5.74, 6) is 0. The topological polar surface area (TPSA) is 59.1 Å². The minimum atomic E-state index is -0.901. The van der Waals surface area contributed by atoms with Gasteiger partial charge in [0, 0.05) is 11.3 Å². The standard InChI is InChI=1S/C10H12N2OS/c1-10(2,13)6-3-9-8(4-7(6)11)12-5-14-9/h3-5,13H,11H2,1-2H3. The lowest BCUT2D eigenvalue weighted by atomic mass is 9.96. The Hall–Kier alpha value is -1.13. The third kappa shape index (κ3) is 1.47. The largest absolute Gasteiger partial charge is 0.398 e. The van der Waals surface area contributed by atoms with Gasteiger partial charge >= 0.3 is 0 Å². The first kappa shape index (κ1) is 9.43. The summed E-state index contributed by atoms with van der Waals surface area (Å²) in [6.07, 6.45) is 0. The van der Waals surface area contributed by atoms with E-state index in [0.717, 1.165) is 15.8 Å². The van der Waals surface area contributed by atoms with Crippen LogP contribution >= 0.6 is 11.3 Å². The smallest absolute Gasteiger partial charge is 0.0860 e. The van der Waals surface area contributed by atoms with Crippen LogP contribution in [-0.2, 0) is 5.60 Å². The van der Waals surface area contributed by atoms with E-state index in [1.165, 1.54) is 0 Å². The molecule has 0 aliphatic rings.